The summed E-state index contributed by atoms with van der Waals surface area (Å²) in [7, 11) is 0. The molecule has 1 N–H and O–H groups in total. The number of amides is 1. The SMILES string of the molecule is CC(C)c1noc2ncc(C(=O)N3CC[C@@H]4CNC[C@@H]4CC3)cc12.Cl. The second-order valence-corrected chi connectivity index (χ2v) is 7.35. The predicted octanol–water partition coefficient (Wildman–Crippen LogP) is 2.84. The first-order valence-corrected chi connectivity index (χ1v) is 8.89. The number of carbonyl (C=O) groups excluding carboxylic acids is 1. The number of aromatic nitrogens is 2. The molecule has 2 aromatic rings. The van der Waals surface area contributed by atoms with E-state index in [9.17, 15) is 4.79 Å². The Balaban J connectivity index is 0.00000182. The Morgan fingerprint density at radius 1 is 1.28 bits per heavy atom. The molecule has 7 heteroatoms. The van der Waals surface area contributed by atoms with Gasteiger partial charge in [-0.05, 0) is 49.8 Å². The van der Waals surface area contributed by atoms with E-state index in [0.29, 0.717) is 23.1 Å². The van der Waals surface area contributed by atoms with E-state index in [1.54, 1.807) is 6.20 Å². The summed E-state index contributed by atoms with van der Waals surface area (Å²) >= 11 is 0. The van der Waals surface area contributed by atoms with Crippen molar-refractivity contribution in [3.05, 3.63) is 23.5 Å². The second-order valence-electron chi connectivity index (χ2n) is 7.35. The van der Waals surface area contributed by atoms with E-state index in [1.807, 2.05) is 11.0 Å². The van der Waals surface area contributed by atoms with Crippen LogP contribution in [0.15, 0.2) is 16.8 Å². The third kappa shape index (κ3) is 3.37. The summed E-state index contributed by atoms with van der Waals surface area (Å²) in [5.74, 6) is 1.75. The predicted molar refractivity (Wildman–Crippen MR) is 98.1 cm³/mol. The van der Waals surface area contributed by atoms with Crippen molar-refractivity contribution < 1.29 is 9.32 Å². The van der Waals surface area contributed by atoms with Crippen molar-refractivity contribution >= 4 is 29.4 Å². The minimum atomic E-state index is 0. The summed E-state index contributed by atoms with van der Waals surface area (Å²) < 4.78 is 5.27. The molecular formula is C18H25ClN4O2. The van der Waals surface area contributed by atoms with Crippen LogP contribution in [0.3, 0.4) is 0 Å². The van der Waals surface area contributed by atoms with Gasteiger partial charge in [0.15, 0.2) is 0 Å². The number of carbonyl (C=O) groups is 1. The fourth-order valence-corrected chi connectivity index (χ4v) is 3.99. The summed E-state index contributed by atoms with van der Waals surface area (Å²) in [6, 6.07) is 1.89. The summed E-state index contributed by atoms with van der Waals surface area (Å²) in [5.41, 5.74) is 2.01. The van der Waals surface area contributed by atoms with E-state index in [0.717, 1.165) is 50.1 Å². The molecule has 0 unspecified atom stereocenters. The molecule has 25 heavy (non-hydrogen) atoms. The lowest BCUT2D eigenvalue weighted by Crippen LogP contribution is -2.32. The summed E-state index contributed by atoms with van der Waals surface area (Å²) in [4.78, 5) is 19.2. The number of nitrogens with zero attached hydrogens (tertiary/aromatic N) is 3. The van der Waals surface area contributed by atoms with E-state index in [4.69, 9.17) is 4.52 Å². The molecule has 1 amide bonds. The fraction of sp³-hybridized carbons (Fsp3) is 0.611. The number of fused-ring (bicyclic) bond motifs is 2. The summed E-state index contributed by atoms with van der Waals surface area (Å²) in [6.07, 6.45) is 3.79. The first-order chi connectivity index (χ1) is 11.6. The van der Waals surface area contributed by atoms with E-state index in [1.165, 1.54) is 0 Å². The Labute approximate surface area is 153 Å². The zero-order valence-corrected chi connectivity index (χ0v) is 15.5. The third-order valence-electron chi connectivity index (χ3n) is 5.46. The number of hydrogen-bond acceptors (Lipinski definition) is 5. The minimum absolute atomic E-state index is 0. The number of rotatable bonds is 2. The Morgan fingerprint density at radius 2 is 1.96 bits per heavy atom. The van der Waals surface area contributed by atoms with Crippen molar-refractivity contribution in [3.8, 4) is 0 Å². The zero-order valence-electron chi connectivity index (χ0n) is 14.7. The van der Waals surface area contributed by atoms with Gasteiger partial charge in [0, 0.05) is 19.3 Å². The molecule has 0 spiro atoms. The number of pyridine rings is 1. The highest BCUT2D eigenvalue weighted by Crippen LogP contribution is 2.28. The lowest BCUT2D eigenvalue weighted by atomic mass is 9.92. The van der Waals surface area contributed by atoms with Crippen LogP contribution in [0.5, 0.6) is 0 Å². The fourth-order valence-electron chi connectivity index (χ4n) is 3.99. The quantitative estimate of drug-likeness (QED) is 0.887. The molecule has 4 rings (SSSR count). The molecule has 0 aliphatic carbocycles. The number of halogens is 1. The van der Waals surface area contributed by atoms with Crippen molar-refractivity contribution in [3.63, 3.8) is 0 Å². The van der Waals surface area contributed by atoms with Gasteiger partial charge < -0.3 is 14.7 Å². The molecular weight excluding hydrogens is 340 g/mol. The van der Waals surface area contributed by atoms with Gasteiger partial charge in [-0.25, -0.2) is 4.98 Å². The highest BCUT2D eigenvalue weighted by Gasteiger charge is 2.31. The number of nitrogens with one attached hydrogen (secondary N) is 1. The molecule has 2 aliphatic rings. The van der Waals surface area contributed by atoms with Gasteiger partial charge in [0.05, 0.1) is 16.6 Å². The Bertz CT molecular complexity index is 747. The zero-order chi connectivity index (χ0) is 16.7. The Hall–Kier alpha value is -1.66. The van der Waals surface area contributed by atoms with E-state index in [-0.39, 0.29) is 24.2 Å². The Kier molecular flexibility index (Phi) is 5.29. The van der Waals surface area contributed by atoms with Crippen LogP contribution >= 0.6 is 12.4 Å². The summed E-state index contributed by atoms with van der Waals surface area (Å²) in [6.45, 7) is 7.98. The lowest BCUT2D eigenvalue weighted by molar-refractivity contribution is 0.0758. The van der Waals surface area contributed by atoms with Crippen molar-refractivity contribution in [2.24, 2.45) is 11.8 Å². The standard InChI is InChI=1S/C18H24N4O2.ClH/c1-11(2)16-15-7-14(10-20-17(15)24-21-16)18(23)22-5-3-12-8-19-9-13(12)4-6-22;/h7,10-13,19H,3-6,8-9H2,1-2H3;1H/t12-,13+;. The van der Waals surface area contributed by atoms with Gasteiger partial charge in [-0.1, -0.05) is 19.0 Å². The molecule has 2 fully saturated rings. The molecule has 0 saturated carbocycles. The molecule has 136 valence electrons. The van der Waals surface area contributed by atoms with E-state index >= 15 is 0 Å². The average Bonchev–Trinajstić information content (AvgIpc) is 3.16. The smallest absolute Gasteiger partial charge is 0.257 e. The second kappa shape index (κ2) is 7.30. The molecule has 2 aliphatic heterocycles. The first-order valence-electron chi connectivity index (χ1n) is 8.89. The third-order valence-corrected chi connectivity index (χ3v) is 5.46. The van der Waals surface area contributed by atoms with Gasteiger partial charge >= 0.3 is 0 Å². The molecule has 2 saturated heterocycles. The van der Waals surface area contributed by atoms with Gasteiger partial charge in [-0.2, -0.15) is 0 Å². The lowest BCUT2D eigenvalue weighted by Gasteiger charge is -2.20. The molecule has 0 radical (unpaired) electrons. The first kappa shape index (κ1) is 18.1. The molecule has 2 aromatic heterocycles. The van der Waals surface area contributed by atoms with Crippen molar-refractivity contribution in [2.45, 2.75) is 32.6 Å². The number of hydrogen-bond donors (Lipinski definition) is 1. The average molecular weight is 365 g/mol. The topological polar surface area (TPSA) is 71.3 Å². The van der Waals surface area contributed by atoms with Gasteiger partial charge in [0.2, 0.25) is 0 Å². The van der Waals surface area contributed by atoms with Crippen LogP contribution in [0, 0.1) is 11.8 Å². The Morgan fingerprint density at radius 3 is 2.60 bits per heavy atom. The molecule has 4 heterocycles. The van der Waals surface area contributed by atoms with Crippen LogP contribution in [0.2, 0.25) is 0 Å². The monoisotopic (exact) mass is 364 g/mol. The van der Waals surface area contributed by atoms with Crippen LogP contribution in [-0.2, 0) is 0 Å². The van der Waals surface area contributed by atoms with Gasteiger partial charge in [0.1, 0.15) is 0 Å². The molecule has 0 bridgehead atoms. The molecule has 2 atom stereocenters. The highest BCUT2D eigenvalue weighted by molar-refractivity contribution is 5.97. The minimum Gasteiger partial charge on any atom is -0.339 e. The maximum Gasteiger partial charge on any atom is 0.257 e. The van der Waals surface area contributed by atoms with Crippen LogP contribution in [-0.4, -0.2) is 47.1 Å². The van der Waals surface area contributed by atoms with E-state index in [2.05, 4.69) is 29.3 Å². The van der Waals surface area contributed by atoms with Crippen molar-refractivity contribution in [1.29, 1.82) is 0 Å². The maximum absolute atomic E-state index is 12.9. The van der Waals surface area contributed by atoms with Crippen LogP contribution in [0.1, 0.15) is 48.7 Å². The van der Waals surface area contributed by atoms with Gasteiger partial charge in [-0.15, -0.1) is 12.4 Å². The van der Waals surface area contributed by atoms with Crippen LogP contribution in [0.25, 0.3) is 11.1 Å². The van der Waals surface area contributed by atoms with Gasteiger partial charge in [-0.3, -0.25) is 4.79 Å². The summed E-state index contributed by atoms with van der Waals surface area (Å²) in [5, 5.41) is 8.42. The maximum atomic E-state index is 12.9. The van der Waals surface area contributed by atoms with Gasteiger partial charge in [0.25, 0.3) is 11.6 Å². The van der Waals surface area contributed by atoms with Crippen molar-refractivity contribution in [1.82, 2.24) is 20.4 Å². The molecule has 0 aromatic carbocycles. The largest absolute Gasteiger partial charge is 0.339 e. The van der Waals surface area contributed by atoms with Crippen LogP contribution < -0.4 is 5.32 Å². The molecule has 6 nitrogen and oxygen atoms in total. The highest BCUT2D eigenvalue weighted by atomic mass is 35.5. The normalized spacial score (nSPS) is 23.4. The van der Waals surface area contributed by atoms with Crippen molar-refractivity contribution in [2.75, 3.05) is 26.2 Å². The van der Waals surface area contributed by atoms with Crippen LogP contribution in [0.4, 0.5) is 0 Å². The van der Waals surface area contributed by atoms with E-state index < -0.39 is 0 Å². The number of likely N-dealkylation sites (tertiary alicyclic amines) is 1.